The van der Waals surface area contributed by atoms with E-state index < -0.39 is 0 Å². The lowest BCUT2D eigenvalue weighted by molar-refractivity contribution is 0.324. The summed E-state index contributed by atoms with van der Waals surface area (Å²) in [6.07, 6.45) is 1.63. The molecular formula is C15H20N2O4. The molecule has 6 nitrogen and oxygen atoms in total. The fourth-order valence-corrected chi connectivity index (χ4v) is 2.03. The highest BCUT2D eigenvalue weighted by molar-refractivity contribution is 5.71. The van der Waals surface area contributed by atoms with Gasteiger partial charge in [-0.25, -0.2) is 4.98 Å². The van der Waals surface area contributed by atoms with E-state index in [4.69, 9.17) is 18.6 Å². The van der Waals surface area contributed by atoms with E-state index in [-0.39, 0.29) is 0 Å². The van der Waals surface area contributed by atoms with E-state index in [0.29, 0.717) is 29.7 Å². The summed E-state index contributed by atoms with van der Waals surface area (Å²) >= 11 is 0. The monoisotopic (exact) mass is 292 g/mol. The first-order chi connectivity index (χ1) is 10.2. The van der Waals surface area contributed by atoms with E-state index in [9.17, 15) is 0 Å². The van der Waals surface area contributed by atoms with Gasteiger partial charge in [0.15, 0.2) is 11.5 Å². The third-order valence-electron chi connectivity index (χ3n) is 3.04. The highest BCUT2D eigenvalue weighted by atomic mass is 16.5. The van der Waals surface area contributed by atoms with Gasteiger partial charge >= 0.3 is 0 Å². The van der Waals surface area contributed by atoms with Gasteiger partial charge in [-0.3, -0.25) is 0 Å². The van der Waals surface area contributed by atoms with Crippen LogP contribution in [0.5, 0.6) is 17.2 Å². The second kappa shape index (κ2) is 6.99. The Morgan fingerprint density at radius 3 is 2.48 bits per heavy atom. The smallest absolute Gasteiger partial charge is 0.230 e. The number of aromatic nitrogens is 1. The minimum Gasteiger partial charge on any atom is -0.493 e. The van der Waals surface area contributed by atoms with Gasteiger partial charge in [-0.1, -0.05) is 6.92 Å². The summed E-state index contributed by atoms with van der Waals surface area (Å²) in [5, 5.41) is 3.20. The Kier molecular flexibility index (Phi) is 5.05. The van der Waals surface area contributed by atoms with Crippen molar-refractivity contribution in [1.82, 2.24) is 10.3 Å². The number of benzene rings is 1. The fraction of sp³-hybridized carbons (Fsp3) is 0.400. The molecule has 6 heteroatoms. The molecule has 0 aliphatic carbocycles. The van der Waals surface area contributed by atoms with Crippen LogP contribution in [0.2, 0.25) is 0 Å². The van der Waals surface area contributed by atoms with Crippen LogP contribution in [0.25, 0.3) is 11.5 Å². The number of nitrogens with zero attached hydrogens (tertiary/aromatic N) is 1. The Labute approximate surface area is 124 Å². The molecule has 0 spiro atoms. The maximum absolute atomic E-state index is 5.54. The van der Waals surface area contributed by atoms with Crippen LogP contribution < -0.4 is 19.5 Å². The van der Waals surface area contributed by atoms with Crippen LogP contribution in [0.15, 0.2) is 22.8 Å². The molecule has 0 aliphatic rings. The van der Waals surface area contributed by atoms with Crippen LogP contribution in [0.4, 0.5) is 0 Å². The molecule has 2 rings (SSSR count). The molecule has 1 aromatic heterocycles. The minimum absolute atomic E-state index is 0.487. The SMILES string of the molecule is CCNCc1coc(-c2ccc(OC)c(OC)c2OC)n1. The molecule has 0 amide bonds. The van der Waals surface area contributed by atoms with E-state index in [2.05, 4.69) is 10.3 Å². The third kappa shape index (κ3) is 3.11. The molecule has 0 saturated heterocycles. The number of ether oxygens (including phenoxy) is 3. The van der Waals surface area contributed by atoms with E-state index in [1.54, 1.807) is 33.7 Å². The van der Waals surface area contributed by atoms with Crippen LogP contribution in [0, 0.1) is 0 Å². The minimum atomic E-state index is 0.487. The molecule has 0 radical (unpaired) electrons. The Morgan fingerprint density at radius 2 is 1.86 bits per heavy atom. The third-order valence-corrected chi connectivity index (χ3v) is 3.04. The largest absolute Gasteiger partial charge is 0.493 e. The van der Waals surface area contributed by atoms with Gasteiger partial charge in [0.25, 0.3) is 0 Å². The van der Waals surface area contributed by atoms with Crippen molar-refractivity contribution in [3.8, 4) is 28.7 Å². The second-order valence-electron chi connectivity index (χ2n) is 4.31. The molecule has 0 fully saturated rings. The Morgan fingerprint density at radius 1 is 1.10 bits per heavy atom. The molecule has 2 aromatic rings. The van der Waals surface area contributed by atoms with Crippen LogP contribution in [-0.2, 0) is 6.54 Å². The van der Waals surface area contributed by atoms with Crippen LogP contribution in [0.3, 0.4) is 0 Å². The summed E-state index contributed by atoms with van der Waals surface area (Å²) in [6, 6.07) is 3.63. The predicted molar refractivity (Wildman–Crippen MR) is 79.0 cm³/mol. The maximum Gasteiger partial charge on any atom is 0.230 e. The van der Waals surface area contributed by atoms with Crippen molar-refractivity contribution >= 4 is 0 Å². The predicted octanol–water partition coefficient (Wildman–Crippen LogP) is 2.48. The Balaban J connectivity index is 2.41. The highest BCUT2D eigenvalue weighted by Crippen LogP contribution is 2.43. The molecule has 0 unspecified atom stereocenters. The zero-order valence-electron chi connectivity index (χ0n) is 12.7. The van der Waals surface area contributed by atoms with E-state index in [0.717, 1.165) is 17.8 Å². The number of nitrogens with one attached hydrogen (secondary N) is 1. The van der Waals surface area contributed by atoms with Gasteiger partial charge in [-0.05, 0) is 18.7 Å². The van der Waals surface area contributed by atoms with Gasteiger partial charge in [-0.15, -0.1) is 0 Å². The summed E-state index contributed by atoms with van der Waals surface area (Å²) in [7, 11) is 4.72. The quantitative estimate of drug-likeness (QED) is 0.845. The first kappa shape index (κ1) is 15.2. The standard InChI is InChI=1S/C15H20N2O4/c1-5-16-8-10-9-21-15(17-10)11-6-7-12(18-2)14(20-4)13(11)19-3/h6-7,9,16H,5,8H2,1-4H3. The number of methoxy groups -OCH3 is 3. The molecule has 0 atom stereocenters. The summed E-state index contributed by atoms with van der Waals surface area (Å²) in [4.78, 5) is 4.45. The Bertz CT molecular complexity index is 595. The van der Waals surface area contributed by atoms with Crippen LogP contribution in [0.1, 0.15) is 12.6 Å². The normalized spacial score (nSPS) is 10.5. The van der Waals surface area contributed by atoms with E-state index in [1.807, 2.05) is 13.0 Å². The van der Waals surface area contributed by atoms with Gasteiger partial charge in [0.2, 0.25) is 11.6 Å². The first-order valence-electron chi connectivity index (χ1n) is 6.69. The van der Waals surface area contributed by atoms with Crippen molar-refractivity contribution in [1.29, 1.82) is 0 Å². The molecule has 0 aliphatic heterocycles. The molecule has 114 valence electrons. The second-order valence-corrected chi connectivity index (χ2v) is 4.31. The topological polar surface area (TPSA) is 65.8 Å². The molecule has 0 saturated carbocycles. The van der Waals surface area contributed by atoms with Crippen LogP contribution >= 0.6 is 0 Å². The molecule has 21 heavy (non-hydrogen) atoms. The number of hydrogen-bond donors (Lipinski definition) is 1. The summed E-state index contributed by atoms with van der Waals surface area (Å²) in [5.74, 6) is 2.14. The van der Waals surface area contributed by atoms with Gasteiger partial charge in [0, 0.05) is 6.54 Å². The van der Waals surface area contributed by atoms with Gasteiger partial charge in [-0.2, -0.15) is 0 Å². The van der Waals surface area contributed by atoms with Crippen molar-refractivity contribution in [3.63, 3.8) is 0 Å². The van der Waals surface area contributed by atoms with E-state index in [1.165, 1.54) is 0 Å². The van der Waals surface area contributed by atoms with Crippen molar-refractivity contribution in [3.05, 3.63) is 24.1 Å². The Hall–Kier alpha value is -2.21. The molecule has 0 bridgehead atoms. The van der Waals surface area contributed by atoms with Crippen molar-refractivity contribution in [2.24, 2.45) is 0 Å². The van der Waals surface area contributed by atoms with Crippen LogP contribution in [-0.4, -0.2) is 32.9 Å². The van der Waals surface area contributed by atoms with Crippen molar-refractivity contribution in [2.45, 2.75) is 13.5 Å². The highest BCUT2D eigenvalue weighted by Gasteiger charge is 2.20. The fourth-order valence-electron chi connectivity index (χ4n) is 2.03. The van der Waals surface area contributed by atoms with Crippen molar-refractivity contribution < 1.29 is 18.6 Å². The molecule has 1 heterocycles. The molecule has 1 aromatic carbocycles. The number of hydrogen-bond acceptors (Lipinski definition) is 6. The lowest BCUT2D eigenvalue weighted by atomic mass is 10.1. The zero-order valence-corrected chi connectivity index (χ0v) is 12.7. The average Bonchev–Trinajstić information content (AvgIpc) is 2.99. The number of oxazole rings is 1. The van der Waals surface area contributed by atoms with Gasteiger partial charge in [0.05, 0.1) is 32.6 Å². The average molecular weight is 292 g/mol. The maximum atomic E-state index is 5.54. The van der Waals surface area contributed by atoms with E-state index >= 15 is 0 Å². The lowest BCUT2D eigenvalue weighted by Gasteiger charge is -2.14. The summed E-state index contributed by atoms with van der Waals surface area (Å²) in [6.45, 7) is 3.58. The summed E-state index contributed by atoms with van der Waals surface area (Å²) < 4.78 is 21.6. The van der Waals surface area contributed by atoms with Crippen molar-refractivity contribution in [2.75, 3.05) is 27.9 Å². The van der Waals surface area contributed by atoms with Gasteiger partial charge < -0.3 is 23.9 Å². The molecule has 1 N–H and O–H groups in total. The molecular weight excluding hydrogens is 272 g/mol. The lowest BCUT2D eigenvalue weighted by Crippen LogP contribution is -2.11. The zero-order chi connectivity index (χ0) is 15.2. The first-order valence-corrected chi connectivity index (χ1v) is 6.69. The number of rotatable bonds is 7. The van der Waals surface area contributed by atoms with Gasteiger partial charge in [0.1, 0.15) is 6.26 Å². The summed E-state index contributed by atoms with van der Waals surface area (Å²) in [5.41, 5.74) is 1.56.